The third kappa shape index (κ3) is 2.84. The van der Waals surface area contributed by atoms with Crippen LogP contribution >= 0.6 is 11.6 Å². The van der Waals surface area contributed by atoms with Crippen molar-refractivity contribution in [3.05, 3.63) is 63.7 Å². The molecule has 0 heterocycles. The third-order valence-corrected chi connectivity index (χ3v) is 4.45. The predicted molar refractivity (Wildman–Crippen MR) is 91.6 cm³/mol. The molecule has 2 aromatic carbocycles. The number of hydrogen-bond acceptors (Lipinski definition) is 3. The number of Topliss-reactive ketones (excluding diaryl/α,β-unsaturated/α-hetero) is 1. The molecule has 3 nitrogen and oxygen atoms in total. The highest BCUT2D eigenvalue weighted by Gasteiger charge is 2.22. The molecule has 1 aliphatic carbocycles. The normalized spacial score (nSPS) is 15.4. The quantitative estimate of drug-likeness (QED) is 0.774. The van der Waals surface area contributed by atoms with Gasteiger partial charge in [-0.3, -0.25) is 4.79 Å². The highest BCUT2D eigenvalue weighted by Crippen LogP contribution is 2.39. The maximum Gasteiger partial charge on any atom is 0.189 e. The lowest BCUT2D eigenvalue weighted by molar-refractivity contribution is 0.102. The number of carbonyl (C=O) groups excluding carboxylic acids is 1. The SMILES string of the molecule is COc1ccc(/C=C2\CCc3ccccc3C2=O)c(Cl)c1OC. The number of allylic oxidation sites excluding steroid dienone is 1. The van der Waals surface area contributed by atoms with Crippen LogP contribution in [0.1, 0.15) is 27.9 Å². The monoisotopic (exact) mass is 328 g/mol. The summed E-state index contributed by atoms with van der Waals surface area (Å²) in [6, 6.07) is 11.4. The molecule has 0 saturated carbocycles. The third-order valence-electron chi connectivity index (χ3n) is 4.06. The zero-order valence-corrected chi connectivity index (χ0v) is 13.8. The van der Waals surface area contributed by atoms with Crippen LogP contribution in [-0.4, -0.2) is 20.0 Å². The Morgan fingerprint density at radius 1 is 1.04 bits per heavy atom. The smallest absolute Gasteiger partial charge is 0.189 e. The minimum absolute atomic E-state index is 0.0673. The van der Waals surface area contributed by atoms with Crippen LogP contribution in [0.5, 0.6) is 11.5 Å². The van der Waals surface area contributed by atoms with E-state index in [0.29, 0.717) is 22.9 Å². The van der Waals surface area contributed by atoms with Gasteiger partial charge in [0.25, 0.3) is 0 Å². The van der Waals surface area contributed by atoms with E-state index < -0.39 is 0 Å². The van der Waals surface area contributed by atoms with E-state index in [2.05, 4.69) is 0 Å². The van der Waals surface area contributed by atoms with Gasteiger partial charge in [0.15, 0.2) is 17.3 Å². The fraction of sp³-hybridized carbons (Fsp3) is 0.211. The number of methoxy groups -OCH3 is 2. The van der Waals surface area contributed by atoms with Gasteiger partial charge < -0.3 is 9.47 Å². The van der Waals surface area contributed by atoms with Gasteiger partial charge in [-0.2, -0.15) is 0 Å². The number of hydrogen-bond donors (Lipinski definition) is 0. The molecule has 3 rings (SSSR count). The van der Waals surface area contributed by atoms with E-state index in [1.54, 1.807) is 20.3 Å². The summed E-state index contributed by atoms with van der Waals surface area (Å²) < 4.78 is 10.5. The zero-order valence-electron chi connectivity index (χ0n) is 13.1. The lowest BCUT2D eigenvalue weighted by atomic mass is 9.86. The van der Waals surface area contributed by atoms with Crippen molar-refractivity contribution in [2.45, 2.75) is 12.8 Å². The van der Waals surface area contributed by atoms with Gasteiger partial charge in [0.05, 0.1) is 19.2 Å². The number of aryl methyl sites for hydroxylation is 1. The van der Waals surface area contributed by atoms with Crippen LogP contribution in [0.2, 0.25) is 5.02 Å². The van der Waals surface area contributed by atoms with Crippen molar-refractivity contribution in [1.82, 2.24) is 0 Å². The predicted octanol–water partition coefficient (Wildman–Crippen LogP) is 4.57. The molecule has 23 heavy (non-hydrogen) atoms. The largest absolute Gasteiger partial charge is 0.493 e. The lowest BCUT2D eigenvalue weighted by Gasteiger charge is -2.18. The topological polar surface area (TPSA) is 35.5 Å². The number of rotatable bonds is 3. The van der Waals surface area contributed by atoms with Crippen molar-refractivity contribution in [3.63, 3.8) is 0 Å². The van der Waals surface area contributed by atoms with Gasteiger partial charge >= 0.3 is 0 Å². The zero-order chi connectivity index (χ0) is 16.4. The van der Waals surface area contributed by atoms with Crippen molar-refractivity contribution in [2.24, 2.45) is 0 Å². The van der Waals surface area contributed by atoms with Gasteiger partial charge in [-0.15, -0.1) is 0 Å². The molecule has 0 unspecified atom stereocenters. The number of benzene rings is 2. The van der Waals surface area contributed by atoms with Crippen molar-refractivity contribution >= 4 is 23.5 Å². The average Bonchev–Trinajstić information content (AvgIpc) is 2.58. The van der Waals surface area contributed by atoms with Gasteiger partial charge in [0, 0.05) is 11.1 Å². The molecule has 0 saturated heterocycles. The summed E-state index contributed by atoms with van der Waals surface area (Å²) in [7, 11) is 3.11. The summed E-state index contributed by atoms with van der Waals surface area (Å²) in [5.74, 6) is 1.12. The molecule has 0 amide bonds. The summed E-state index contributed by atoms with van der Waals surface area (Å²) >= 11 is 6.40. The van der Waals surface area contributed by atoms with Crippen LogP contribution in [0, 0.1) is 0 Å². The van der Waals surface area contributed by atoms with Crippen molar-refractivity contribution in [1.29, 1.82) is 0 Å². The summed E-state index contributed by atoms with van der Waals surface area (Å²) in [4.78, 5) is 12.6. The second kappa shape index (κ2) is 6.47. The van der Waals surface area contributed by atoms with Gasteiger partial charge in [0.2, 0.25) is 0 Å². The molecular formula is C19H17ClO3. The molecule has 0 fully saturated rings. The van der Waals surface area contributed by atoms with E-state index in [0.717, 1.165) is 28.7 Å². The number of halogens is 1. The van der Waals surface area contributed by atoms with Crippen LogP contribution in [0.25, 0.3) is 6.08 Å². The van der Waals surface area contributed by atoms with E-state index in [9.17, 15) is 4.79 Å². The van der Waals surface area contributed by atoms with Crippen molar-refractivity contribution < 1.29 is 14.3 Å². The van der Waals surface area contributed by atoms with Crippen LogP contribution in [0.15, 0.2) is 42.0 Å². The van der Waals surface area contributed by atoms with Crippen LogP contribution in [0.4, 0.5) is 0 Å². The molecule has 1 aliphatic rings. The standard InChI is InChI=1S/C19H17ClO3/c1-22-16-10-9-13(17(20)19(16)23-2)11-14-8-7-12-5-3-4-6-15(12)18(14)21/h3-6,9-11H,7-8H2,1-2H3/b14-11+. The molecule has 0 atom stereocenters. The highest BCUT2D eigenvalue weighted by molar-refractivity contribution is 6.34. The van der Waals surface area contributed by atoms with Gasteiger partial charge in [-0.25, -0.2) is 0 Å². The Balaban J connectivity index is 2.02. The number of fused-ring (bicyclic) bond motifs is 1. The van der Waals surface area contributed by atoms with Crippen molar-refractivity contribution in [3.8, 4) is 11.5 Å². The van der Waals surface area contributed by atoms with E-state index in [1.807, 2.05) is 36.4 Å². The maximum absolute atomic E-state index is 12.6. The lowest BCUT2D eigenvalue weighted by Crippen LogP contribution is -2.13. The average molecular weight is 329 g/mol. The first-order valence-corrected chi connectivity index (χ1v) is 7.77. The number of ether oxygens (including phenoxy) is 2. The molecule has 0 spiro atoms. The van der Waals surface area contributed by atoms with E-state index >= 15 is 0 Å². The summed E-state index contributed by atoms with van der Waals surface area (Å²) in [5.41, 5.74) is 3.40. The molecule has 0 bridgehead atoms. The fourth-order valence-electron chi connectivity index (χ4n) is 2.86. The van der Waals surface area contributed by atoms with E-state index in [1.165, 1.54) is 0 Å². The second-order valence-electron chi connectivity index (χ2n) is 5.36. The molecule has 118 valence electrons. The number of ketones is 1. The van der Waals surface area contributed by atoms with Gasteiger partial charge in [0.1, 0.15) is 0 Å². The minimum Gasteiger partial charge on any atom is -0.493 e. The molecular weight excluding hydrogens is 312 g/mol. The fourth-order valence-corrected chi connectivity index (χ4v) is 3.14. The first-order chi connectivity index (χ1) is 11.2. The minimum atomic E-state index is 0.0673. The van der Waals surface area contributed by atoms with Gasteiger partial charge in [-0.1, -0.05) is 35.9 Å². The first-order valence-electron chi connectivity index (χ1n) is 7.39. The molecule has 4 heteroatoms. The van der Waals surface area contributed by atoms with Crippen LogP contribution < -0.4 is 9.47 Å². The summed E-state index contributed by atoms with van der Waals surface area (Å²) in [5, 5.41) is 0.450. The second-order valence-corrected chi connectivity index (χ2v) is 5.74. The summed E-state index contributed by atoms with van der Waals surface area (Å²) in [6.45, 7) is 0. The van der Waals surface area contributed by atoms with Crippen molar-refractivity contribution in [2.75, 3.05) is 14.2 Å². The Morgan fingerprint density at radius 3 is 2.57 bits per heavy atom. The molecule has 0 N–H and O–H groups in total. The molecule has 0 aliphatic heterocycles. The first kappa shape index (κ1) is 15.6. The highest BCUT2D eigenvalue weighted by atomic mass is 35.5. The summed E-state index contributed by atoms with van der Waals surface area (Å²) in [6.07, 6.45) is 3.42. The Morgan fingerprint density at radius 2 is 1.83 bits per heavy atom. The Bertz CT molecular complexity index is 793. The van der Waals surface area contributed by atoms with E-state index in [-0.39, 0.29) is 5.78 Å². The number of carbonyl (C=O) groups is 1. The van der Waals surface area contributed by atoms with Gasteiger partial charge in [-0.05, 0) is 42.2 Å². The Hall–Kier alpha value is -2.26. The molecule has 2 aromatic rings. The molecule has 0 aromatic heterocycles. The van der Waals surface area contributed by atoms with Crippen LogP contribution in [0.3, 0.4) is 0 Å². The van der Waals surface area contributed by atoms with E-state index in [4.69, 9.17) is 21.1 Å². The van der Waals surface area contributed by atoms with Crippen LogP contribution in [-0.2, 0) is 6.42 Å². The Kier molecular flexibility index (Phi) is 4.39. The molecule has 0 radical (unpaired) electrons. The maximum atomic E-state index is 12.6. The Labute approximate surface area is 140 Å².